The zero-order chi connectivity index (χ0) is 21.6. The first-order chi connectivity index (χ1) is 15.1. The Morgan fingerprint density at radius 2 is 1.81 bits per heavy atom. The number of carboxylic acids is 1. The maximum absolute atomic E-state index is 11.2. The van der Waals surface area contributed by atoms with E-state index in [0.717, 1.165) is 53.7 Å². The molecule has 1 heterocycles. The van der Waals surface area contributed by atoms with Gasteiger partial charge in [0.05, 0.1) is 18.2 Å². The predicted molar refractivity (Wildman–Crippen MR) is 126 cm³/mol. The lowest BCUT2D eigenvalue weighted by Gasteiger charge is -2.33. The summed E-state index contributed by atoms with van der Waals surface area (Å²) < 4.78 is 6.19. The van der Waals surface area contributed by atoms with Crippen molar-refractivity contribution in [1.29, 1.82) is 0 Å². The zero-order valence-corrected chi connectivity index (χ0v) is 19.3. The molecule has 2 aliphatic rings. The zero-order valence-electron chi connectivity index (χ0n) is 18.5. The molecular weight excluding hydrogens is 408 g/mol. The summed E-state index contributed by atoms with van der Waals surface area (Å²) in [4.78, 5) is 18.3. The van der Waals surface area contributed by atoms with Crippen LogP contribution in [0.5, 0.6) is 5.75 Å². The standard InChI is InChI=1S/C25H34N2O3S/c1-18-7-11-21(12-8-18)30-22-13-9-19(10-14-22)23-17-31-25(26-23)27(16-15-24(28)29)20-5-3-2-4-6-20/h9-10,13-14,17-18,20-21H,2-8,11-12,15-16H2,1H3,(H,28,29). The van der Waals surface area contributed by atoms with Gasteiger partial charge in [-0.15, -0.1) is 11.3 Å². The van der Waals surface area contributed by atoms with Gasteiger partial charge in [0.15, 0.2) is 5.13 Å². The number of carbonyl (C=O) groups is 1. The second-order valence-electron chi connectivity index (χ2n) is 9.17. The molecule has 0 unspecified atom stereocenters. The summed E-state index contributed by atoms with van der Waals surface area (Å²) in [6.45, 7) is 2.85. The van der Waals surface area contributed by atoms with E-state index in [-0.39, 0.29) is 6.42 Å². The van der Waals surface area contributed by atoms with E-state index in [0.29, 0.717) is 18.7 Å². The lowest BCUT2D eigenvalue weighted by Crippen LogP contribution is -2.38. The largest absolute Gasteiger partial charge is 0.490 e. The number of anilines is 1. The summed E-state index contributed by atoms with van der Waals surface area (Å²) in [5.41, 5.74) is 2.03. The van der Waals surface area contributed by atoms with E-state index in [1.807, 2.05) is 0 Å². The second kappa shape index (κ2) is 10.5. The fourth-order valence-electron chi connectivity index (χ4n) is 4.82. The van der Waals surface area contributed by atoms with E-state index in [9.17, 15) is 9.90 Å². The van der Waals surface area contributed by atoms with Crippen molar-refractivity contribution in [3.05, 3.63) is 29.6 Å². The molecule has 4 rings (SSSR count). The van der Waals surface area contributed by atoms with E-state index in [1.165, 1.54) is 32.1 Å². The van der Waals surface area contributed by atoms with Gasteiger partial charge in [-0.3, -0.25) is 4.79 Å². The number of nitrogens with zero attached hydrogens (tertiary/aromatic N) is 2. The molecule has 1 aromatic carbocycles. The van der Waals surface area contributed by atoms with Crippen LogP contribution in [-0.2, 0) is 4.79 Å². The average Bonchev–Trinajstić information content (AvgIpc) is 3.26. The quantitative estimate of drug-likeness (QED) is 0.514. The molecule has 1 N–H and O–H groups in total. The van der Waals surface area contributed by atoms with Gasteiger partial charge in [0.25, 0.3) is 0 Å². The van der Waals surface area contributed by atoms with Gasteiger partial charge >= 0.3 is 5.97 Å². The third-order valence-corrected chi connectivity index (χ3v) is 7.61. The molecule has 2 saturated carbocycles. The lowest BCUT2D eigenvalue weighted by atomic mass is 9.89. The molecule has 6 heteroatoms. The van der Waals surface area contributed by atoms with Crippen molar-refractivity contribution in [2.45, 2.75) is 83.3 Å². The normalized spacial score (nSPS) is 22.2. The molecule has 1 aromatic heterocycles. The Balaban J connectivity index is 1.43. The molecule has 0 radical (unpaired) electrons. The van der Waals surface area contributed by atoms with Gasteiger partial charge in [0.2, 0.25) is 0 Å². The van der Waals surface area contributed by atoms with E-state index in [1.54, 1.807) is 11.3 Å². The molecule has 0 bridgehead atoms. The van der Waals surface area contributed by atoms with Crippen LogP contribution in [0.1, 0.15) is 71.1 Å². The lowest BCUT2D eigenvalue weighted by molar-refractivity contribution is -0.136. The molecule has 2 fully saturated rings. The number of hydrogen-bond donors (Lipinski definition) is 1. The first-order valence-corrected chi connectivity index (χ1v) is 12.7. The number of thiazole rings is 1. The molecular formula is C25H34N2O3S. The van der Waals surface area contributed by atoms with Crippen molar-refractivity contribution in [3.63, 3.8) is 0 Å². The predicted octanol–water partition coefficient (Wildman–Crippen LogP) is 6.38. The van der Waals surface area contributed by atoms with Crippen LogP contribution in [0.4, 0.5) is 5.13 Å². The topological polar surface area (TPSA) is 62.7 Å². The van der Waals surface area contributed by atoms with Crippen LogP contribution >= 0.6 is 11.3 Å². The molecule has 5 nitrogen and oxygen atoms in total. The molecule has 0 spiro atoms. The van der Waals surface area contributed by atoms with Gasteiger partial charge in [-0.2, -0.15) is 0 Å². The Kier molecular flexibility index (Phi) is 7.49. The maximum Gasteiger partial charge on any atom is 0.305 e. The Morgan fingerprint density at radius 3 is 2.48 bits per heavy atom. The summed E-state index contributed by atoms with van der Waals surface area (Å²) in [5.74, 6) is 1.01. The van der Waals surface area contributed by atoms with Gasteiger partial charge in [0.1, 0.15) is 5.75 Å². The molecule has 2 aliphatic carbocycles. The molecule has 0 aliphatic heterocycles. The van der Waals surface area contributed by atoms with Crippen LogP contribution in [0.25, 0.3) is 11.3 Å². The minimum atomic E-state index is -0.749. The van der Waals surface area contributed by atoms with Crippen LogP contribution < -0.4 is 9.64 Å². The number of ether oxygens (including phenoxy) is 1. The summed E-state index contributed by atoms with van der Waals surface area (Å²) in [5, 5.41) is 12.2. The Labute approximate surface area is 189 Å². The maximum atomic E-state index is 11.2. The molecule has 0 saturated heterocycles. The third-order valence-electron chi connectivity index (χ3n) is 6.74. The van der Waals surface area contributed by atoms with E-state index >= 15 is 0 Å². The smallest absolute Gasteiger partial charge is 0.305 e. The number of aromatic nitrogens is 1. The number of rotatable bonds is 8. The Bertz CT molecular complexity index is 837. The van der Waals surface area contributed by atoms with Crippen molar-refractivity contribution >= 4 is 22.4 Å². The van der Waals surface area contributed by atoms with E-state index < -0.39 is 5.97 Å². The van der Waals surface area contributed by atoms with Gasteiger partial charge in [0, 0.05) is 23.5 Å². The van der Waals surface area contributed by atoms with Gasteiger partial charge in [-0.1, -0.05) is 26.2 Å². The molecule has 0 amide bonds. The van der Waals surface area contributed by atoms with Crippen LogP contribution in [0.15, 0.2) is 29.6 Å². The van der Waals surface area contributed by atoms with Gasteiger partial charge in [-0.25, -0.2) is 4.98 Å². The highest BCUT2D eigenvalue weighted by Gasteiger charge is 2.24. The van der Waals surface area contributed by atoms with Crippen molar-refractivity contribution in [3.8, 4) is 17.0 Å². The second-order valence-corrected chi connectivity index (χ2v) is 10.0. The first-order valence-electron chi connectivity index (χ1n) is 11.8. The van der Waals surface area contributed by atoms with Gasteiger partial charge < -0.3 is 14.7 Å². The first kappa shape index (κ1) is 22.1. The van der Waals surface area contributed by atoms with Crippen LogP contribution in [-0.4, -0.2) is 34.8 Å². The van der Waals surface area contributed by atoms with Gasteiger partial charge in [-0.05, 0) is 68.7 Å². The Morgan fingerprint density at radius 1 is 1.10 bits per heavy atom. The fourth-order valence-corrected chi connectivity index (χ4v) is 5.75. The van der Waals surface area contributed by atoms with E-state index in [2.05, 4.69) is 41.5 Å². The summed E-state index contributed by atoms with van der Waals surface area (Å²) in [6, 6.07) is 8.68. The number of benzene rings is 1. The van der Waals surface area contributed by atoms with Crippen LogP contribution in [0.3, 0.4) is 0 Å². The summed E-state index contributed by atoms with van der Waals surface area (Å²) in [7, 11) is 0. The Hall–Kier alpha value is -2.08. The molecule has 2 aromatic rings. The SMILES string of the molecule is CC1CCC(Oc2ccc(-c3csc(N(CCC(=O)O)C4CCCCC4)n3)cc2)CC1. The fraction of sp³-hybridized carbons (Fsp3) is 0.600. The monoisotopic (exact) mass is 442 g/mol. The minimum absolute atomic E-state index is 0.150. The minimum Gasteiger partial charge on any atom is -0.490 e. The van der Waals surface area contributed by atoms with E-state index in [4.69, 9.17) is 9.72 Å². The average molecular weight is 443 g/mol. The summed E-state index contributed by atoms with van der Waals surface area (Å²) in [6.07, 6.45) is 11.2. The molecule has 31 heavy (non-hydrogen) atoms. The van der Waals surface area contributed by atoms with Crippen LogP contribution in [0.2, 0.25) is 0 Å². The highest BCUT2D eigenvalue weighted by molar-refractivity contribution is 7.14. The highest BCUT2D eigenvalue weighted by atomic mass is 32.1. The molecule has 168 valence electrons. The molecule has 0 atom stereocenters. The highest BCUT2D eigenvalue weighted by Crippen LogP contribution is 2.34. The van der Waals surface area contributed by atoms with Crippen molar-refractivity contribution in [2.75, 3.05) is 11.4 Å². The van der Waals surface area contributed by atoms with Crippen molar-refractivity contribution in [2.24, 2.45) is 5.92 Å². The van der Waals surface area contributed by atoms with Crippen molar-refractivity contribution in [1.82, 2.24) is 4.98 Å². The third kappa shape index (κ3) is 6.00. The number of aliphatic carboxylic acids is 1. The number of carboxylic acid groups (broad SMARTS) is 1. The summed E-state index contributed by atoms with van der Waals surface area (Å²) >= 11 is 1.62. The van der Waals surface area contributed by atoms with Crippen LogP contribution in [0, 0.1) is 5.92 Å². The van der Waals surface area contributed by atoms with Crippen molar-refractivity contribution < 1.29 is 14.6 Å². The number of hydrogen-bond acceptors (Lipinski definition) is 5.